The number of nitrogens with one attached hydrogen (secondary N) is 1. The maximum absolute atomic E-state index is 11.7. The molecule has 0 aliphatic carbocycles. The zero-order valence-corrected chi connectivity index (χ0v) is 11.6. The molecule has 100 valence electrons. The summed E-state index contributed by atoms with van der Waals surface area (Å²) in [5.74, 6) is -1.44. The van der Waals surface area contributed by atoms with Gasteiger partial charge in [0, 0.05) is 5.38 Å². The summed E-state index contributed by atoms with van der Waals surface area (Å²) in [5.41, 5.74) is 1.85. The molecule has 5 nitrogen and oxygen atoms in total. The van der Waals surface area contributed by atoms with E-state index in [2.05, 4.69) is 10.3 Å². The Morgan fingerprint density at radius 2 is 2.17 bits per heavy atom. The van der Waals surface area contributed by atoms with E-state index in [1.807, 2.05) is 20.8 Å². The number of aliphatic carboxylic acids is 1. The average molecular weight is 270 g/mol. The molecule has 0 bridgehead atoms. The van der Waals surface area contributed by atoms with Gasteiger partial charge in [-0.3, -0.25) is 4.79 Å². The van der Waals surface area contributed by atoms with Crippen LogP contribution in [0.3, 0.4) is 0 Å². The quantitative estimate of drug-likeness (QED) is 0.859. The first-order valence-corrected chi connectivity index (χ1v) is 6.66. The van der Waals surface area contributed by atoms with Crippen molar-refractivity contribution in [3.05, 3.63) is 16.6 Å². The Balaban J connectivity index is 2.58. The van der Waals surface area contributed by atoms with Crippen LogP contribution in [-0.4, -0.2) is 28.0 Å². The van der Waals surface area contributed by atoms with Crippen LogP contribution in [0.4, 0.5) is 0 Å². The molecule has 0 aromatic carbocycles. The maximum atomic E-state index is 11.7. The summed E-state index contributed by atoms with van der Waals surface area (Å²) in [4.78, 5) is 26.7. The predicted molar refractivity (Wildman–Crippen MR) is 69.7 cm³/mol. The zero-order chi connectivity index (χ0) is 13.8. The lowest BCUT2D eigenvalue weighted by molar-refractivity contribution is -0.139. The van der Waals surface area contributed by atoms with Gasteiger partial charge in [0.2, 0.25) is 0 Å². The lowest BCUT2D eigenvalue weighted by Crippen LogP contribution is -2.41. The Morgan fingerprint density at radius 3 is 2.61 bits per heavy atom. The fourth-order valence-corrected chi connectivity index (χ4v) is 1.92. The first-order valence-electron chi connectivity index (χ1n) is 5.71. The highest BCUT2D eigenvalue weighted by Gasteiger charge is 2.23. The Kier molecular flexibility index (Phi) is 4.84. The van der Waals surface area contributed by atoms with Gasteiger partial charge in [-0.1, -0.05) is 20.8 Å². The predicted octanol–water partition coefficient (Wildman–Crippen LogP) is 2.15. The SMILES string of the molecule is CC(C)(C)CCC(NC(=O)c1cscn1)C(=O)O. The molecule has 0 radical (unpaired) electrons. The summed E-state index contributed by atoms with van der Waals surface area (Å²) in [6.45, 7) is 6.11. The van der Waals surface area contributed by atoms with Gasteiger partial charge in [0.05, 0.1) is 5.51 Å². The second-order valence-corrected chi connectivity index (χ2v) is 6.06. The van der Waals surface area contributed by atoms with Crippen molar-refractivity contribution in [2.45, 2.75) is 39.7 Å². The molecule has 1 heterocycles. The van der Waals surface area contributed by atoms with Crippen molar-refractivity contribution in [1.29, 1.82) is 0 Å². The minimum atomic E-state index is -1.01. The minimum absolute atomic E-state index is 0.0407. The van der Waals surface area contributed by atoms with Gasteiger partial charge in [0.15, 0.2) is 0 Å². The fraction of sp³-hybridized carbons (Fsp3) is 0.583. The van der Waals surface area contributed by atoms with Crippen LogP contribution in [0, 0.1) is 5.41 Å². The average Bonchev–Trinajstić information content (AvgIpc) is 2.75. The van der Waals surface area contributed by atoms with Crippen LogP contribution in [-0.2, 0) is 4.79 Å². The normalized spacial score (nSPS) is 13.1. The summed E-state index contributed by atoms with van der Waals surface area (Å²) < 4.78 is 0. The van der Waals surface area contributed by atoms with E-state index in [-0.39, 0.29) is 11.1 Å². The smallest absolute Gasteiger partial charge is 0.326 e. The molecular formula is C12H18N2O3S. The van der Waals surface area contributed by atoms with Crippen molar-refractivity contribution in [2.24, 2.45) is 5.41 Å². The van der Waals surface area contributed by atoms with E-state index in [0.29, 0.717) is 6.42 Å². The van der Waals surface area contributed by atoms with Gasteiger partial charge in [0.25, 0.3) is 5.91 Å². The van der Waals surface area contributed by atoms with Crippen LogP contribution in [0.5, 0.6) is 0 Å². The van der Waals surface area contributed by atoms with Crippen molar-refractivity contribution < 1.29 is 14.7 Å². The number of rotatable bonds is 5. The molecule has 6 heteroatoms. The molecule has 1 amide bonds. The lowest BCUT2D eigenvalue weighted by atomic mass is 9.88. The summed E-state index contributed by atoms with van der Waals surface area (Å²) in [7, 11) is 0. The number of hydrogen-bond donors (Lipinski definition) is 2. The Morgan fingerprint density at radius 1 is 1.50 bits per heavy atom. The highest BCUT2D eigenvalue weighted by molar-refractivity contribution is 7.07. The van der Waals surface area contributed by atoms with Gasteiger partial charge < -0.3 is 10.4 Å². The molecule has 1 aromatic heterocycles. The van der Waals surface area contributed by atoms with E-state index < -0.39 is 17.9 Å². The van der Waals surface area contributed by atoms with E-state index in [1.54, 1.807) is 10.9 Å². The number of carboxylic acid groups (broad SMARTS) is 1. The lowest BCUT2D eigenvalue weighted by Gasteiger charge is -2.21. The summed E-state index contributed by atoms with van der Waals surface area (Å²) >= 11 is 1.30. The number of hydrogen-bond acceptors (Lipinski definition) is 4. The number of amides is 1. The largest absolute Gasteiger partial charge is 0.480 e. The minimum Gasteiger partial charge on any atom is -0.480 e. The molecule has 2 N–H and O–H groups in total. The van der Waals surface area contributed by atoms with Crippen LogP contribution in [0.1, 0.15) is 44.1 Å². The molecule has 1 atom stereocenters. The third-order valence-corrected chi connectivity index (χ3v) is 3.04. The molecule has 0 fully saturated rings. The highest BCUT2D eigenvalue weighted by Crippen LogP contribution is 2.21. The first-order chi connectivity index (χ1) is 8.29. The molecule has 1 rings (SSSR count). The number of carbonyl (C=O) groups excluding carboxylic acids is 1. The van der Waals surface area contributed by atoms with Crippen LogP contribution in [0.15, 0.2) is 10.9 Å². The number of carbonyl (C=O) groups is 2. The topological polar surface area (TPSA) is 79.3 Å². The molecular weight excluding hydrogens is 252 g/mol. The van der Waals surface area contributed by atoms with Gasteiger partial charge in [-0.15, -0.1) is 11.3 Å². The summed E-state index contributed by atoms with van der Waals surface area (Å²) in [6.07, 6.45) is 1.13. The van der Waals surface area contributed by atoms with Crippen LogP contribution < -0.4 is 5.32 Å². The van der Waals surface area contributed by atoms with Gasteiger partial charge in [-0.2, -0.15) is 0 Å². The number of aromatic nitrogens is 1. The van der Waals surface area contributed by atoms with Crippen LogP contribution >= 0.6 is 11.3 Å². The molecule has 0 aliphatic rings. The van der Waals surface area contributed by atoms with Gasteiger partial charge >= 0.3 is 5.97 Å². The van der Waals surface area contributed by atoms with Crippen molar-refractivity contribution >= 4 is 23.2 Å². The third-order valence-electron chi connectivity index (χ3n) is 2.45. The monoisotopic (exact) mass is 270 g/mol. The fourth-order valence-electron chi connectivity index (χ4n) is 1.39. The summed E-state index contributed by atoms with van der Waals surface area (Å²) in [6, 6.07) is -0.863. The molecule has 18 heavy (non-hydrogen) atoms. The van der Waals surface area contributed by atoms with Crippen molar-refractivity contribution in [3.8, 4) is 0 Å². The second-order valence-electron chi connectivity index (χ2n) is 5.34. The Labute approximate surface area is 110 Å². The first kappa shape index (κ1) is 14.6. The Bertz CT molecular complexity index is 409. The zero-order valence-electron chi connectivity index (χ0n) is 10.8. The van der Waals surface area contributed by atoms with Crippen molar-refractivity contribution in [1.82, 2.24) is 10.3 Å². The maximum Gasteiger partial charge on any atom is 0.326 e. The molecule has 0 aliphatic heterocycles. The number of carboxylic acids is 1. The number of nitrogens with zero attached hydrogens (tertiary/aromatic N) is 1. The highest BCUT2D eigenvalue weighted by atomic mass is 32.1. The van der Waals surface area contributed by atoms with Gasteiger partial charge in [0.1, 0.15) is 11.7 Å². The number of thiazole rings is 1. The van der Waals surface area contributed by atoms with Crippen molar-refractivity contribution in [3.63, 3.8) is 0 Å². The van der Waals surface area contributed by atoms with Crippen molar-refractivity contribution in [2.75, 3.05) is 0 Å². The Hall–Kier alpha value is -1.43. The van der Waals surface area contributed by atoms with Crippen LogP contribution in [0.2, 0.25) is 0 Å². The molecule has 0 saturated heterocycles. The van der Waals surface area contributed by atoms with Gasteiger partial charge in [-0.05, 0) is 18.3 Å². The summed E-state index contributed by atoms with van der Waals surface area (Å²) in [5, 5.41) is 13.2. The molecule has 1 aromatic rings. The molecule has 0 spiro atoms. The molecule has 1 unspecified atom stereocenters. The third kappa shape index (κ3) is 4.83. The van der Waals surface area contributed by atoms with Gasteiger partial charge in [-0.25, -0.2) is 9.78 Å². The van der Waals surface area contributed by atoms with E-state index in [4.69, 9.17) is 5.11 Å². The standard InChI is InChI=1S/C12H18N2O3S/c1-12(2,3)5-4-8(11(16)17)14-10(15)9-6-18-7-13-9/h6-8H,4-5H2,1-3H3,(H,14,15)(H,16,17). The van der Waals surface area contributed by atoms with E-state index in [1.165, 1.54) is 11.3 Å². The van der Waals surface area contributed by atoms with E-state index in [9.17, 15) is 9.59 Å². The second kappa shape index (κ2) is 5.95. The van der Waals surface area contributed by atoms with Crippen LogP contribution in [0.25, 0.3) is 0 Å². The molecule has 0 saturated carbocycles. The van der Waals surface area contributed by atoms with E-state index in [0.717, 1.165) is 6.42 Å². The van der Waals surface area contributed by atoms with E-state index >= 15 is 0 Å².